The van der Waals surface area contributed by atoms with Crippen LogP contribution in [0.2, 0.25) is 5.02 Å². The Morgan fingerprint density at radius 3 is 2.94 bits per heavy atom. The van der Waals surface area contributed by atoms with E-state index in [0.29, 0.717) is 22.6 Å². The molecule has 5 rings (SSSR count). The van der Waals surface area contributed by atoms with Crippen LogP contribution in [0.15, 0.2) is 60.7 Å². The third kappa shape index (κ3) is 3.86. The molecule has 0 bridgehead atoms. The molecule has 0 fully saturated rings. The Labute approximate surface area is 184 Å². The van der Waals surface area contributed by atoms with Gasteiger partial charge in [0, 0.05) is 10.6 Å². The number of phenolic OH excluding ortho intramolecular Hbond substituents is 1. The minimum absolute atomic E-state index is 0.0247. The number of hydrogen-bond acceptors (Lipinski definition) is 4. The SMILES string of the molecule is O=C(NC1CCCc2ccccc21)c1ccc2c(c1)nnn2Cc1cc(O)ccc1Cl. The molecule has 1 heterocycles. The standard InChI is InChI=1S/C24H21ClN4O2/c25-20-10-9-18(30)12-17(20)14-29-23-11-8-16(13-22(23)27-28-29)24(31)26-21-7-3-5-15-4-1-2-6-19(15)21/h1-2,4,6,8-13,21,30H,3,5,7,14H2,(H,26,31). The summed E-state index contributed by atoms with van der Waals surface area (Å²) in [6, 6.07) is 18.5. The number of nitrogens with zero attached hydrogens (tertiary/aromatic N) is 3. The number of carbonyl (C=O) groups excluding carboxylic acids is 1. The van der Waals surface area contributed by atoms with E-state index in [9.17, 15) is 9.90 Å². The van der Waals surface area contributed by atoms with Gasteiger partial charge < -0.3 is 10.4 Å². The van der Waals surface area contributed by atoms with Gasteiger partial charge in [-0.15, -0.1) is 5.10 Å². The zero-order valence-electron chi connectivity index (χ0n) is 16.8. The van der Waals surface area contributed by atoms with Gasteiger partial charge in [0.25, 0.3) is 5.91 Å². The van der Waals surface area contributed by atoms with Crippen molar-refractivity contribution in [3.8, 4) is 5.75 Å². The van der Waals surface area contributed by atoms with Gasteiger partial charge >= 0.3 is 0 Å². The number of hydrogen-bond donors (Lipinski definition) is 2. The van der Waals surface area contributed by atoms with E-state index >= 15 is 0 Å². The van der Waals surface area contributed by atoms with E-state index in [2.05, 4.69) is 27.8 Å². The minimum atomic E-state index is -0.117. The zero-order chi connectivity index (χ0) is 21.4. The van der Waals surface area contributed by atoms with Gasteiger partial charge in [0.05, 0.1) is 18.1 Å². The molecule has 0 saturated heterocycles. The fraction of sp³-hybridized carbons (Fsp3) is 0.208. The van der Waals surface area contributed by atoms with Crippen LogP contribution in [0.4, 0.5) is 0 Å². The second kappa shape index (κ2) is 8.04. The molecule has 1 atom stereocenters. The van der Waals surface area contributed by atoms with Crippen molar-refractivity contribution in [2.75, 3.05) is 0 Å². The maximum absolute atomic E-state index is 12.9. The summed E-state index contributed by atoms with van der Waals surface area (Å²) in [6.07, 6.45) is 3.06. The lowest BCUT2D eigenvalue weighted by atomic mass is 9.87. The van der Waals surface area contributed by atoms with Crippen LogP contribution in [0.1, 0.15) is 45.9 Å². The molecule has 31 heavy (non-hydrogen) atoms. The highest BCUT2D eigenvalue weighted by molar-refractivity contribution is 6.31. The topological polar surface area (TPSA) is 80.0 Å². The average molecular weight is 433 g/mol. The normalized spacial score (nSPS) is 15.6. The monoisotopic (exact) mass is 432 g/mol. The summed E-state index contributed by atoms with van der Waals surface area (Å²) >= 11 is 6.23. The quantitative estimate of drug-likeness (QED) is 0.492. The number of phenols is 1. The Morgan fingerprint density at radius 1 is 1.16 bits per heavy atom. The summed E-state index contributed by atoms with van der Waals surface area (Å²) in [4.78, 5) is 12.9. The van der Waals surface area contributed by atoms with E-state index in [1.165, 1.54) is 11.1 Å². The predicted molar refractivity (Wildman–Crippen MR) is 119 cm³/mol. The highest BCUT2D eigenvalue weighted by Crippen LogP contribution is 2.30. The Hall–Kier alpha value is -3.38. The van der Waals surface area contributed by atoms with Crippen LogP contribution in [-0.4, -0.2) is 26.0 Å². The molecular weight excluding hydrogens is 412 g/mol. The van der Waals surface area contributed by atoms with Crippen LogP contribution < -0.4 is 5.32 Å². The van der Waals surface area contributed by atoms with Gasteiger partial charge in [0.15, 0.2) is 0 Å². The molecule has 7 heteroatoms. The fourth-order valence-corrected chi connectivity index (χ4v) is 4.40. The number of amides is 1. The number of aryl methyl sites for hydroxylation is 1. The van der Waals surface area contributed by atoms with Crippen molar-refractivity contribution in [2.24, 2.45) is 0 Å². The predicted octanol–water partition coefficient (Wildman–Crippen LogP) is 4.65. The molecule has 0 aliphatic heterocycles. The molecule has 1 aliphatic carbocycles. The van der Waals surface area contributed by atoms with Gasteiger partial charge in [-0.25, -0.2) is 4.68 Å². The van der Waals surface area contributed by atoms with Gasteiger partial charge in [-0.3, -0.25) is 4.79 Å². The van der Waals surface area contributed by atoms with Crippen LogP contribution >= 0.6 is 11.6 Å². The number of fused-ring (bicyclic) bond motifs is 2. The maximum Gasteiger partial charge on any atom is 0.251 e. The first-order chi connectivity index (χ1) is 15.1. The highest BCUT2D eigenvalue weighted by atomic mass is 35.5. The van der Waals surface area contributed by atoms with Crippen molar-refractivity contribution in [3.05, 3.63) is 87.9 Å². The molecule has 4 aromatic rings. The second-order valence-electron chi connectivity index (χ2n) is 7.84. The molecule has 1 aromatic heterocycles. The van der Waals surface area contributed by atoms with Crippen LogP contribution in [0, 0.1) is 0 Å². The van der Waals surface area contributed by atoms with E-state index in [1.54, 1.807) is 35.0 Å². The summed E-state index contributed by atoms with van der Waals surface area (Å²) in [5.74, 6) is 0.0289. The number of halogens is 1. The summed E-state index contributed by atoms with van der Waals surface area (Å²) in [5, 5.41) is 21.9. The number of aromatic hydroxyl groups is 1. The summed E-state index contributed by atoms with van der Waals surface area (Å²) in [6.45, 7) is 0.369. The molecule has 2 N–H and O–H groups in total. The van der Waals surface area contributed by atoms with Crippen molar-refractivity contribution in [1.82, 2.24) is 20.3 Å². The lowest BCUT2D eigenvalue weighted by Gasteiger charge is -2.26. The van der Waals surface area contributed by atoms with Crippen LogP contribution in [-0.2, 0) is 13.0 Å². The molecule has 6 nitrogen and oxygen atoms in total. The van der Waals surface area contributed by atoms with Crippen molar-refractivity contribution in [3.63, 3.8) is 0 Å². The number of benzene rings is 3. The zero-order valence-corrected chi connectivity index (χ0v) is 17.5. The van der Waals surface area contributed by atoms with Gasteiger partial charge in [-0.1, -0.05) is 41.1 Å². The van der Waals surface area contributed by atoms with E-state index in [1.807, 2.05) is 18.2 Å². The number of nitrogens with one attached hydrogen (secondary N) is 1. The highest BCUT2D eigenvalue weighted by Gasteiger charge is 2.22. The van der Waals surface area contributed by atoms with Crippen LogP contribution in [0.3, 0.4) is 0 Å². The number of carbonyl (C=O) groups is 1. The van der Waals surface area contributed by atoms with E-state index in [4.69, 9.17) is 11.6 Å². The first kappa shape index (κ1) is 19.6. The van der Waals surface area contributed by atoms with E-state index < -0.39 is 0 Å². The number of aromatic nitrogens is 3. The summed E-state index contributed by atoms with van der Waals surface area (Å²) < 4.78 is 1.70. The van der Waals surface area contributed by atoms with E-state index in [0.717, 1.165) is 30.3 Å². The molecule has 0 radical (unpaired) electrons. The maximum atomic E-state index is 12.9. The van der Waals surface area contributed by atoms with Crippen molar-refractivity contribution in [2.45, 2.75) is 31.8 Å². The largest absolute Gasteiger partial charge is 0.508 e. The third-order valence-corrected chi connectivity index (χ3v) is 6.17. The molecule has 3 aromatic carbocycles. The van der Waals surface area contributed by atoms with E-state index in [-0.39, 0.29) is 17.7 Å². The number of rotatable bonds is 4. The smallest absolute Gasteiger partial charge is 0.251 e. The molecular formula is C24H21ClN4O2. The van der Waals surface area contributed by atoms with Gasteiger partial charge in [0.1, 0.15) is 11.3 Å². The minimum Gasteiger partial charge on any atom is -0.508 e. The molecule has 1 aliphatic rings. The van der Waals surface area contributed by atoms with Crippen molar-refractivity contribution in [1.29, 1.82) is 0 Å². The molecule has 156 valence electrons. The van der Waals surface area contributed by atoms with Gasteiger partial charge in [0.2, 0.25) is 0 Å². The Kier molecular flexibility index (Phi) is 5.08. The molecule has 1 unspecified atom stereocenters. The molecule has 0 spiro atoms. The lowest BCUT2D eigenvalue weighted by Crippen LogP contribution is -2.30. The van der Waals surface area contributed by atoms with Crippen LogP contribution in [0.5, 0.6) is 5.75 Å². The fourth-order valence-electron chi connectivity index (χ4n) is 4.22. The van der Waals surface area contributed by atoms with Crippen LogP contribution in [0.25, 0.3) is 11.0 Å². The summed E-state index contributed by atoms with van der Waals surface area (Å²) in [5.41, 5.74) is 5.23. The lowest BCUT2D eigenvalue weighted by molar-refractivity contribution is 0.0933. The average Bonchev–Trinajstić information content (AvgIpc) is 3.18. The summed E-state index contributed by atoms with van der Waals surface area (Å²) in [7, 11) is 0. The van der Waals surface area contributed by atoms with Gasteiger partial charge in [-0.05, 0) is 72.4 Å². The Balaban J connectivity index is 1.37. The Morgan fingerprint density at radius 2 is 2.03 bits per heavy atom. The third-order valence-electron chi connectivity index (χ3n) is 5.80. The second-order valence-corrected chi connectivity index (χ2v) is 8.25. The Bertz CT molecular complexity index is 1280. The van der Waals surface area contributed by atoms with Crippen molar-refractivity contribution >= 4 is 28.5 Å². The molecule has 0 saturated carbocycles. The van der Waals surface area contributed by atoms with Crippen molar-refractivity contribution < 1.29 is 9.90 Å². The first-order valence-corrected chi connectivity index (χ1v) is 10.7. The molecule has 1 amide bonds. The first-order valence-electron chi connectivity index (χ1n) is 10.3. The van der Waals surface area contributed by atoms with Gasteiger partial charge in [-0.2, -0.15) is 0 Å².